The molecule has 6 aliphatic rings. The van der Waals surface area contributed by atoms with Gasteiger partial charge in [-0.3, -0.25) is 4.79 Å². The lowest BCUT2D eigenvalue weighted by Gasteiger charge is -2.70. The lowest BCUT2D eigenvalue weighted by atomic mass is 9.34. The van der Waals surface area contributed by atoms with E-state index in [1.807, 2.05) is 0 Å². The summed E-state index contributed by atoms with van der Waals surface area (Å²) in [5, 5.41) is 30.6. The second-order valence-electron chi connectivity index (χ2n) is 16.4. The third-order valence-corrected chi connectivity index (χ3v) is 14.2. The molecule has 12 atom stereocenters. The van der Waals surface area contributed by atoms with Crippen LogP contribution in [0.1, 0.15) is 112 Å². The molecule has 6 nitrogen and oxygen atoms in total. The molecule has 5 fully saturated rings. The minimum Gasteiger partial charge on any atom is -0.481 e. The lowest BCUT2D eigenvalue weighted by molar-refractivity contribution is -0.259. The molecule has 0 aromatic rings. The number of carboxylic acid groups (broad SMARTS) is 1. The van der Waals surface area contributed by atoms with Gasteiger partial charge in [0.05, 0.1) is 24.2 Å². The van der Waals surface area contributed by atoms with Gasteiger partial charge in [-0.2, -0.15) is 0 Å². The Kier molecular flexibility index (Phi) is 6.94. The summed E-state index contributed by atoms with van der Waals surface area (Å²) in [6.07, 6.45) is 11.1. The molecule has 6 rings (SSSR count). The van der Waals surface area contributed by atoms with Crippen molar-refractivity contribution in [1.29, 1.82) is 0 Å². The summed E-state index contributed by atoms with van der Waals surface area (Å²) in [5.74, 6) is 1.14. The maximum absolute atomic E-state index is 12.9. The second kappa shape index (κ2) is 9.53. The number of carboxylic acids is 1. The number of rotatable bonds is 3. The molecule has 9 unspecified atom stereocenters. The molecule has 0 aromatic heterocycles. The molecular weight excluding hydrogens is 504 g/mol. The van der Waals surface area contributed by atoms with Crippen LogP contribution < -0.4 is 0 Å². The highest BCUT2D eigenvalue weighted by molar-refractivity contribution is 5.76. The van der Waals surface area contributed by atoms with Crippen molar-refractivity contribution in [2.45, 2.75) is 137 Å². The fourth-order valence-electron chi connectivity index (χ4n) is 11.4. The molecule has 226 valence electrons. The van der Waals surface area contributed by atoms with Crippen LogP contribution in [0.5, 0.6) is 0 Å². The van der Waals surface area contributed by atoms with Gasteiger partial charge in [0.2, 0.25) is 0 Å². The molecule has 40 heavy (non-hydrogen) atoms. The lowest BCUT2D eigenvalue weighted by Crippen LogP contribution is -2.64. The summed E-state index contributed by atoms with van der Waals surface area (Å²) in [7, 11) is 0. The highest BCUT2D eigenvalue weighted by atomic mass is 16.7. The standard InChI is InChI=1S/C34H54O6/c1-20-21-9-12-33(6)27(31(21,4)11-10-26(20)40-28-17-24(35)25(36)19-39-28)8-7-22-23-18-30(2,3)13-15-34(23,29(37)38)16-14-32(22,33)5/h7,20-21,23-28,35-36H,8-19H2,1-6H3,(H,37,38)/t20?,21?,23?,24?,25?,26-,27?,28?,31?,32+,33?,34-/m0/s1. The maximum atomic E-state index is 12.9. The van der Waals surface area contributed by atoms with Crippen LogP contribution >= 0.6 is 0 Å². The van der Waals surface area contributed by atoms with E-state index in [4.69, 9.17) is 9.47 Å². The van der Waals surface area contributed by atoms with Gasteiger partial charge in [-0.05, 0) is 110 Å². The van der Waals surface area contributed by atoms with E-state index < -0.39 is 29.9 Å². The minimum atomic E-state index is -0.825. The monoisotopic (exact) mass is 558 g/mol. The number of allylic oxidation sites excluding steroid dienone is 2. The van der Waals surface area contributed by atoms with E-state index in [-0.39, 0.29) is 40.3 Å². The number of ether oxygens (including phenoxy) is 2. The van der Waals surface area contributed by atoms with Crippen molar-refractivity contribution >= 4 is 5.97 Å². The predicted octanol–water partition coefficient (Wildman–Crippen LogP) is 6.34. The molecule has 0 bridgehead atoms. The highest BCUT2D eigenvalue weighted by Gasteiger charge is 2.68. The number of hydrogen-bond donors (Lipinski definition) is 3. The molecule has 4 saturated carbocycles. The third kappa shape index (κ3) is 4.05. The number of aliphatic carboxylic acids is 1. The molecule has 3 N–H and O–H groups in total. The Hall–Kier alpha value is -0.950. The summed E-state index contributed by atoms with van der Waals surface area (Å²) < 4.78 is 12.2. The molecule has 0 amide bonds. The number of fused-ring (bicyclic) bond motifs is 7. The SMILES string of the molecule is CC1C2CCC3(C)C(CC=C4C5CC(C)(C)CC[C@]5(C(=O)O)CC[C@]43C)C2(C)CC[C@@H]1OC1CC(O)C(O)CO1. The molecule has 0 spiro atoms. The minimum absolute atomic E-state index is 0.0461. The molecule has 1 aliphatic heterocycles. The van der Waals surface area contributed by atoms with Crippen molar-refractivity contribution in [3.63, 3.8) is 0 Å². The van der Waals surface area contributed by atoms with Crippen molar-refractivity contribution in [1.82, 2.24) is 0 Å². The molecular formula is C34H54O6. The van der Waals surface area contributed by atoms with Crippen molar-refractivity contribution in [2.75, 3.05) is 6.61 Å². The summed E-state index contributed by atoms with van der Waals surface area (Å²) in [6, 6.07) is 0. The smallest absolute Gasteiger partial charge is 0.310 e. The van der Waals surface area contributed by atoms with Gasteiger partial charge in [0, 0.05) is 6.42 Å². The molecule has 1 saturated heterocycles. The van der Waals surface area contributed by atoms with Crippen molar-refractivity contribution in [3.8, 4) is 0 Å². The van der Waals surface area contributed by atoms with E-state index >= 15 is 0 Å². The van der Waals surface area contributed by atoms with E-state index in [0.717, 1.165) is 51.4 Å². The van der Waals surface area contributed by atoms with Crippen molar-refractivity contribution in [2.24, 2.45) is 50.7 Å². The highest BCUT2D eigenvalue weighted by Crippen LogP contribution is 2.75. The first-order valence-corrected chi connectivity index (χ1v) is 16.2. The van der Waals surface area contributed by atoms with Crippen LogP contribution in [0.3, 0.4) is 0 Å². The first-order valence-electron chi connectivity index (χ1n) is 16.2. The van der Waals surface area contributed by atoms with Crippen LogP contribution in [0.2, 0.25) is 0 Å². The second-order valence-corrected chi connectivity index (χ2v) is 16.4. The summed E-state index contributed by atoms with van der Waals surface area (Å²) in [6.45, 7) is 14.8. The van der Waals surface area contributed by atoms with Gasteiger partial charge in [0.15, 0.2) is 6.29 Å². The Labute approximate surface area is 241 Å². The predicted molar refractivity (Wildman–Crippen MR) is 153 cm³/mol. The van der Waals surface area contributed by atoms with Gasteiger partial charge in [-0.1, -0.05) is 53.2 Å². The van der Waals surface area contributed by atoms with E-state index in [2.05, 4.69) is 47.6 Å². The van der Waals surface area contributed by atoms with Crippen LogP contribution in [0.4, 0.5) is 0 Å². The quantitative estimate of drug-likeness (QED) is 0.276. The zero-order valence-corrected chi connectivity index (χ0v) is 25.7. The van der Waals surface area contributed by atoms with Crippen LogP contribution in [0, 0.1) is 50.7 Å². The number of aliphatic hydroxyl groups is 2. The maximum Gasteiger partial charge on any atom is 0.310 e. The summed E-state index contributed by atoms with van der Waals surface area (Å²) in [4.78, 5) is 12.9. The topological polar surface area (TPSA) is 96.2 Å². The van der Waals surface area contributed by atoms with Crippen molar-refractivity contribution in [3.05, 3.63) is 11.6 Å². The molecule has 6 heteroatoms. The summed E-state index contributed by atoms with van der Waals surface area (Å²) in [5.41, 5.74) is 1.52. The Balaban J connectivity index is 1.27. The Morgan fingerprint density at radius 1 is 0.975 bits per heavy atom. The first-order chi connectivity index (χ1) is 18.7. The van der Waals surface area contributed by atoms with Gasteiger partial charge < -0.3 is 24.8 Å². The fourth-order valence-corrected chi connectivity index (χ4v) is 11.4. The molecule has 0 radical (unpaired) electrons. The van der Waals surface area contributed by atoms with Gasteiger partial charge in [0.25, 0.3) is 0 Å². The number of carbonyl (C=O) groups is 1. The first kappa shape index (κ1) is 29.1. The van der Waals surface area contributed by atoms with Crippen LogP contribution in [-0.4, -0.2) is 52.5 Å². The van der Waals surface area contributed by atoms with Gasteiger partial charge in [-0.25, -0.2) is 0 Å². The van der Waals surface area contributed by atoms with Crippen LogP contribution in [0.25, 0.3) is 0 Å². The zero-order chi connectivity index (χ0) is 28.9. The molecule has 5 aliphatic carbocycles. The molecule has 1 heterocycles. The van der Waals surface area contributed by atoms with Crippen LogP contribution in [0.15, 0.2) is 11.6 Å². The molecule has 0 aromatic carbocycles. The van der Waals surface area contributed by atoms with Gasteiger partial charge in [-0.15, -0.1) is 0 Å². The van der Waals surface area contributed by atoms with E-state index in [9.17, 15) is 20.1 Å². The van der Waals surface area contributed by atoms with Crippen LogP contribution in [-0.2, 0) is 14.3 Å². The largest absolute Gasteiger partial charge is 0.481 e. The fraction of sp³-hybridized carbons (Fsp3) is 0.912. The van der Waals surface area contributed by atoms with Crippen molar-refractivity contribution < 1.29 is 29.6 Å². The number of hydrogen-bond acceptors (Lipinski definition) is 5. The van der Waals surface area contributed by atoms with E-state index in [1.165, 1.54) is 18.4 Å². The summed E-state index contributed by atoms with van der Waals surface area (Å²) >= 11 is 0. The van der Waals surface area contributed by atoms with E-state index in [1.54, 1.807) is 0 Å². The Bertz CT molecular complexity index is 1050. The average Bonchev–Trinajstić information content (AvgIpc) is 2.88. The average molecular weight is 559 g/mol. The zero-order valence-electron chi connectivity index (χ0n) is 25.7. The van der Waals surface area contributed by atoms with Gasteiger partial charge >= 0.3 is 5.97 Å². The van der Waals surface area contributed by atoms with Gasteiger partial charge in [0.1, 0.15) is 6.10 Å². The third-order valence-electron chi connectivity index (χ3n) is 14.2. The number of aliphatic hydroxyl groups excluding tert-OH is 2. The van der Waals surface area contributed by atoms with E-state index in [0.29, 0.717) is 24.2 Å². The Morgan fingerprint density at radius 3 is 2.40 bits per heavy atom. The normalized spacial score (nSPS) is 53.8. The Morgan fingerprint density at radius 2 is 1.70 bits per heavy atom.